The lowest BCUT2D eigenvalue weighted by Gasteiger charge is -2.23. The molecule has 0 spiro atoms. The zero-order chi connectivity index (χ0) is 22.0. The summed E-state index contributed by atoms with van der Waals surface area (Å²) in [6, 6.07) is 8.05. The molecule has 0 aliphatic carbocycles. The molecule has 1 fully saturated rings. The number of nitrogens with zero attached hydrogens (tertiary/aromatic N) is 3. The Morgan fingerprint density at radius 3 is 2.81 bits per heavy atom. The maximum absolute atomic E-state index is 13.2. The van der Waals surface area contributed by atoms with Crippen molar-refractivity contribution in [3.8, 4) is 11.3 Å². The molecule has 4 rings (SSSR count). The first-order valence-corrected chi connectivity index (χ1v) is 10.8. The monoisotopic (exact) mass is 467 g/mol. The summed E-state index contributed by atoms with van der Waals surface area (Å²) in [5, 5.41) is 2.28. The third kappa shape index (κ3) is 5.06. The number of aromatic nitrogens is 2. The molecule has 0 bridgehead atoms. The van der Waals surface area contributed by atoms with Gasteiger partial charge in [0.2, 0.25) is 0 Å². The number of halogens is 4. The van der Waals surface area contributed by atoms with Crippen molar-refractivity contribution in [1.82, 2.24) is 9.97 Å². The third-order valence-electron chi connectivity index (χ3n) is 4.84. The highest BCUT2D eigenvalue weighted by Gasteiger charge is 2.31. The fourth-order valence-corrected chi connectivity index (χ4v) is 4.23. The van der Waals surface area contributed by atoms with Gasteiger partial charge in [0.05, 0.1) is 29.5 Å². The normalized spacial score (nSPS) is 16.5. The Bertz CT molecular complexity index is 1070. The predicted octanol–water partition coefficient (Wildman–Crippen LogP) is 5.70. The van der Waals surface area contributed by atoms with Crippen molar-refractivity contribution in [3.63, 3.8) is 0 Å². The molecule has 1 saturated heterocycles. The number of alkyl halides is 3. The molecule has 1 amide bonds. The van der Waals surface area contributed by atoms with Crippen molar-refractivity contribution >= 4 is 34.0 Å². The summed E-state index contributed by atoms with van der Waals surface area (Å²) >= 11 is 7.01. The maximum atomic E-state index is 13.2. The average molecular weight is 468 g/mol. The zero-order valence-corrected chi connectivity index (χ0v) is 17.7. The Balaban J connectivity index is 1.65. The molecule has 0 radical (unpaired) electrons. The Morgan fingerprint density at radius 1 is 1.29 bits per heavy atom. The van der Waals surface area contributed by atoms with Crippen LogP contribution in [0.1, 0.15) is 28.8 Å². The Labute approximate surface area is 185 Å². The number of rotatable bonds is 5. The molecule has 2 aromatic heterocycles. The van der Waals surface area contributed by atoms with E-state index in [9.17, 15) is 18.0 Å². The van der Waals surface area contributed by atoms with E-state index < -0.39 is 11.7 Å². The van der Waals surface area contributed by atoms with Crippen molar-refractivity contribution in [3.05, 3.63) is 64.3 Å². The molecule has 1 aliphatic heterocycles. The van der Waals surface area contributed by atoms with Crippen molar-refractivity contribution < 1.29 is 22.7 Å². The van der Waals surface area contributed by atoms with E-state index in [1.807, 2.05) is 0 Å². The summed E-state index contributed by atoms with van der Waals surface area (Å²) in [6.45, 7) is 0.916. The van der Waals surface area contributed by atoms with E-state index in [0.717, 1.165) is 25.0 Å². The van der Waals surface area contributed by atoms with Crippen LogP contribution in [-0.2, 0) is 10.9 Å². The minimum Gasteiger partial charge on any atom is -0.376 e. The minimum atomic E-state index is -4.45. The highest BCUT2D eigenvalue weighted by Crippen LogP contribution is 2.34. The first-order valence-electron chi connectivity index (χ1n) is 9.49. The molecule has 5 nitrogen and oxygen atoms in total. The highest BCUT2D eigenvalue weighted by atomic mass is 35.5. The van der Waals surface area contributed by atoms with E-state index in [-0.39, 0.29) is 23.7 Å². The van der Waals surface area contributed by atoms with Gasteiger partial charge in [-0.3, -0.25) is 9.69 Å². The topological polar surface area (TPSA) is 55.3 Å². The number of benzene rings is 1. The van der Waals surface area contributed by atoms with Gasteiger partial charge in [-0.1, -0.05) is 23.7 Å². The Hall–Kier alpha value is -2.49. The summed E-state index contributed by atoms with van der Waals surface area (Å²) in [4.78, 5) is 23.1. The van der Waals surface area contributed by atoms with E-state index in [4.69, 9.17) is 16.3 Å². The van der Waals surface area contributed by atoms with Crippen LogP contribution in [0.3, 0.4) is 0 Å². The summed E-state index contributed by atoms with van der Waals surface area (Å²) in [5.41, 5.74) is 0.276. The fourth-order valence-electron chi connectivity index (χ4n) is 3.27. The number of hydrogen-bond donors (Lipinski definition) is 0. The molecule has 162 valence electrons. The van der Waals surface area contributed by atoms with Gasteiger partial charge in [0, 0.05) is 23.7 Å². The van der Waals surface area contributed by atoms with E-state index in [1.165, 1.54) is 34.6 Å². The molecule has 31 heavy (non-hydrogen) atoms. The van der Waals surface area contributed by atoms with Gasteiger partial charge in [-0.25, -0.2) is 9.97 Å². The van der Waals surface area contributed by atoms with E-state index in [0.29, 0.717) is 28.6 Å². The fraction of sp³-hybridized carbons (Fsp3) is 0.286. The molecule has 10 heteroatoms. The van der Waals surface area contributed by atoms with Crippen LogP contribution in [-0.4, -0.2) is 35.1 Å². The van der Waals surface area contributed by atoms with E-state index in [2.05, 4.69) is 9.97 Å². The van der Waals surface area contributed by atoms with Crippen LogP contribution < -0.4 is 4.90 Å². The molecule has 0 N–H and O–H groups in total. The molecule has 0 saturated carbocycles. The minimum absolute atomic E-state index is 0.134. The molecule has 3 heterocycles. The van der Waals surface area contributed by atoms with Gasteiger partial charge in [-0.05, 0) is 37.1 Å². The molecular formula is C21H17ClF3N3O2S. The van der Waals surface area contributed by atoms with Gasteiger partial charge < -0.3 is 4.74 Å². The van der Waals surface area contributed by atoms with Crippen LogP contribution in [0, 0.1) is 0 Å². The number of carbonyl (C=O) groups excluding carboxylic acids is 1. The smallest absolute Gasteiger partial charge is 0.376 e. The summed E-state index contributed by atoms with van der Waals surface area (Å²) < 4.78 is 44.9. The standard InChI is InChI=1S/C21H17ClF3N3O2S/c22-18-7-6-14(10-26-18)19(29)28(11-16-5-2-8-30-16)20-27-17(12-31-20)13-3-1-4-15(9-13)21(23,24)25/h1,3-4,6-7,9-10,12,16H,2,5,8,11H2. The van der Waals surface area contributed by atoms with Gasteiger partial charge >= 0.3 is 6.18 Å². The quantitative estimate of drug-likeness (QED) is 0.451. The summed E-state index contributed by atoms with van der Waals surface area (Å²) in [7, 11) is 0. The second kappa shape index (κ2) is 8.94. The number of anilines is 1. The SMILES string of the molecule is O=C(c1ccc(Cl)nc1)N(CC1CCCO1)c1nc(-c2cccc(C(F)(F)F)c2)cs1. The first-order chi connectivity index (χ1) is 14.8. The summed E-state index contributed by atoms with van der Waals surface area (Å²) in [6.07, 6.45) is -1.48. The molecular weight excluding hydrogens is 451 g/mol. The lowest BCUT2D eigenvalue weighted by molar-refractivity contribution is -0.137. The van der Waals surface area contributed by atoms with Crippen LogP contribution in [0.25, 0.3) is 11.3 Å². The number of ether oxygens (including phenoxy) is 1. The largest absolute Gasteiger partial charge is 0.416 e. The predicted molar refractivity (Wildman–Crippen MR) is 112 cm³/mol. The first kappa shape index (κ1) is 21.7. The van der Waals surface area contributed by atoms with E-state index >= 15 is 0 Å². The number of carbonyl (C=O) groups is 1. The van der Waals surface area contributed by atoms with Crippen molar-refractivity contribution in [1.29, 1.82) is 0 Å². The summed E-state index contributed by atoms with van der Waals surface area (Å²) in [5.74, 6) is -0.329. The van der Waals surface area contributed by atoms with Crippen molar-refractivity contribution in [2.24, 2.45) is 0 Å². The zero-order valence-electron chi connectivity index (χ0n) is 16.1. The van der Waals surface area contributed by atoms with Gasteiger partial charge in [-0.15, -0.1) is 11.3 Å². The Morgan fingerprint density at radius 2 is 2.13 bits per heavy atom. The lowest BCUT2D eigenvalue weighted by atomic mass is 10.1. The van der Waals surface area contributed by atoms with Gasteiger partial charge in [0.25, 0.3) is 5.91 Å². The van der Waals surface area contributed by atoms with Gasteiger partial charge in [0.15, 0.2) is 5.13 Å². The molecule has 1 aromatic carbocycles. The third-order valence-corrected chi connectivity index (χ3v) is 5.93. The second-order valence-corrected chi connectivity index (χ2v) is 8.24. The van der Waals surface area contributed by atoms with Gasteiger partial charge in [-0.2, -0.15) is 13.2 Å². The van der Waals surface area contributed by atoms with Crippen LogP contribution in [0.15, 0.2) is 48.0 Å². The average Bonchev–Trinajstić information content (AvgIpc) is 3.44. The van der Waals surface area contributed by atoms with Crippen LogP contribution in [0.2, 0.25) is 5.15 Å². The molecule has 3 aromatic rings. The molecule has 1 atom stereocenters. The highest BCUT2D eigenvalue weighted by molar-refractivity contribution is 7.14. The van der Waals surface area contributed by atoms with Crippen molar-refractivity contribution in [2.75, 3.05) is 18.1 Å². The van der Waals surface area contributed by atoms with Gasteiger partial charge in [0.1, 0.15) is 5.15 Å². The second-order valence-electron chi connectivity index (χ2n) is 7.01. The van der Waals surface area contributed by atoms with Crippen LogP contribution in [0.4, 0.5) is 18.3 Å². The number of amides is 1. The Kier molecular flexibility index (Phi) is 6.27. The van der Waals surface area contributed by atoms with Crippen LogP contribution >= 0.6 is 22.9 Å². The number of thiazole rings is 1. The van der Waals surface area contributed by atoms with Crippen LogP contribution in [0.5, 0.6) is 0 Å². The molecule has 1 unspecified atom stereocenters. The lowest BCUT2D eigenvalue weighted by Crippen LogP contribution is -2.37. The van der Waals surface area contributed by atoms with Crippen molar-refractivity contribution in [2.45, 2.75) is 25.1 Å². The molecule has 1 aliphatic rings. The number of pyridine rings is 1. The number of hydrogen-bond acceptors (Lipinski definition) is 5. The van der Waals surface area contributed by atoms with E-state index in [1.54, 1.807) is 17.5 Å². The maximum Gasteiger partial charge on any atom is 0.416 e.